The van der Waals surface area contributed by atoms with Crippen LogP contribution in [-0.2, 0) is 13.6 Å². The second kappa shape index (κ2) is 11.5. The van der Waals surface area contributed by atoms with E-state index >= 15 is 0 Å². The highest BCUT2D eigenvalue weighted by Crippen LogP contribution is 2.46. The van der Waals surface area contributed by atoms with Crippen LogP contribution in [0.1, 0.15) is 54.2 Å². The van der Waals surface area contributed by atoms with Gasteiger partial charge >= 0.3 is 5.69 Å². The Kier molecular flexibility index (Phi) is 8.75. The largest absolute Gasteiger partial charge is 0.410 e. The molecule has 0 radical (unpaired) electrons. The smallest absolute Gasteiger partial charge is 0.351 e. The molecule has 0 bridgehead atoms. The molecular formula is C32H44N4O4Si2. The van der Waals surface area contributed by atoms with E-state index < -0.39 is 40.3 Å². The molecule has 2 aromatic carbocycles. The quantitative estimate of drug-likeness (QED) is 0.361. The van der Waals surface area contributed by atoms with Crippen molar-refractivity contribution in [1.29, 1.82) is 5.26 Å². The lowest BCUT2D eigenvalue weighted by Gasteiger charge is -2.45. The minimum Gasteiger partial charge on any atom is -0.410 e. The maximum absolute atomic E-state index is 12.8. The summed E-state index contributed by atoms with van der Waals surface area (Å²) in [5, 5.41) is 12.7. The van der Waals surface area contributed by atoms with Crippen molar-refractivity contribution in [3.05, 3.63) is 83.4 Å². The van der Waals surface area contributed by atoms with E-state index in [0.717, 1.165) is 10.4 Å². The number of anilines is 1. The first-order valence-corrected chi connectivity index (χ1v) is 19.2. The third kappa shape index (κ3) is 5.89. The third-order valence-electron chi connectivity index (χ3n) is 8.80. The predicted molar refractivity (Wildman–Crippen MR) is 172 cm³/mol. The van der Waals surface area contributed by atoms with Crippen molar-refractivity contribution in [1.82, 2.24) is 9.55 Å². The molecule has 10 heteroatoms. The van der Waals surface area contributed by atoms with Gasteiger partial charge in [0.2, 0.25) is 5.60 Å². The fourth-order valence-electron chi connectivity index (χ4n) is 5.47. The SMILES string of the molecule is CC(C)(C)[Si](C)(C)O[C@H]1C[C@H](n2ccc(N)nc2=O)O[C@]1(C#N)CO[Si](c1ccccc1)(c1ccccc1)C(C)(C)C. The van der Waals surface area contributed by atoms with Crippen LogP contribution >= 0.6 is 0 Å². The molecule has 4 rings (SSSR count). The van der Waals surface area contributed by atoms with Gasteiger partial charge in [-0.05, 0) is 39.6 Å². The first-order valence-electron chi connectivity index (χ1n) is 14.4. The van der Waals surface area contributed by atoms with Crippen molar-refractivity contribution in [3.63, 3.8) is 0 Å². The van der Waals surface area contributed by atoms with E-state index in [2.05, 4.69) is 90.0 Å². The lowest BCUT2D eigenvalue weighted by molar-refractivity contribution is -0.0867. The molecule has 3 atom stereocenters. The third-order valence-corrected chi connectivity index (χ3v) is 18.3. The van der Waals surface area contributed by atoms with Gasteiger partial charge in [0.25, 0.3) is 8.32 Å². The summed E-state index contributed by atoms with van der Waals surface area (Å²) in [7, 11) is -5.36. The maximum Gasteiger partial charge on any atom is 0.351 e. The monoisotopic (exact) mass is 604 g/mol. The Balaban J connectivity index is 1.83. The average Bonchev–Trinajstić information content (AvgIpc) is 3.26. The second-order valence-electron chi connectivity index (χ2n) is 13.7. The molecule has 0 spiro atoms. The molecule has 42 heavy (non-hydrogen) atoms. The van der Waals surface area contributed by atoms with E-state index in [1.807, 2.05) is 36.4 Å². The maximum atomic E-state index is 12.8. The van der Waals surface area contributed by atoms with Crippen molar-refractivity contribution >= 4 is 32.8 Å². The number of nitrogens with zero attached hydrogens (tertiary/aromatic N) is 3. The van der Waals surface area contributed by atoms with E-state index in [1.165, 1.54) is 4.57 Å². The summed E-state index contributed by atoms with van der Waals surface area (Å²) in [5.74, 6) is 0.130. The Morgan fingerprint density at radius 3 is 2.00 bits per heavy atom. The molecule has 0 aliphatic carbocycles. The summed E-state index contributed by atoms with van der Waals surface area (Å²) in [6.07, 6.45) is 0.476. The van der Waals surface area contributed by atoms with Crippen molar-refractivity contribution < 1.29 is 13.6 Å². The van der Waals surface area contributed by atoms with Gasteiger partial charge in [-0.15, -0.1) is 0 Å². The molecule has 2 heterocycles. The van der Waals surface area contributed by atoms with E-state index in [1.54, 1.807) is 12.3 Å². The van der Waals surface area contributed by atoms with E-state index in [4.69, 9.17) is 19.3 Å². The minimum absolute atomic E-state index is 0.0241. The summed E-state index contributed by atoms with van der Waals surface area (Å²) in [6.45, 7) is 17.4. The molecule has 2 N–H and O–H groups in total. The highest BCUT2D eigenvalue weighted by molar-refractivity contribution is 6.99. The van der Waals surface area contributed by atoms with Crippen molar-refractivity contribution in [3.8, 4) is 6.07 Å². The fourth-order valence-corrected chi connectivity index (χ4v) is 11.4. The van der Waals surface area contributed by atoms with Crippen LogP contribution in [0.4, 0.5) is 5.82 Å². The number of nitriles is 1. The van der Waals surface area contributed by atoms with Gasteiger partial charge < -0.3 is 19.3 Å². The van der Waals surface area contributed by atoms with Crippen LogP contribution in [0.2, 0.25) is 23.2 Å². The zero-order valence-electron chi connectivity index (χ0n) is 26.0. The van der Waals surface area contributed by atoms with E-state index in [9.17, 15) is 10.1 Å². The molecule has 0 amide bonds. The summed E-state index contributed by atoms with van der Waals surface area (Å²) >= 11 is 0. The number of aromatic nitrogens is 2. The fraction of sp³-hybridized carbons (Fsp3) is 0.469. The molecule has 1 saturated heterocycles. The van der Waals surface area contributed by atoms with Crippen LogP contribution < -0.4 is 21.8 Å². The molecule has 1 aromatic heterocycles. The molecule has 0 unspecified atom stereocenters. The Bertz CT molecular complexity index is 1440. The summed E-state index contributed by atoms with van der Waals surface area (Å²) in [4.78, 5) is 16.7. The van der Waals surface area contributed by atoms with Gasteiger partial charge in [0.05, 0.1) is 12.7 Å². The highest BCUT2D eigenvalue weighted by Gasteiger charge is 2.58. The molecule has 8 nitrogen and oxygen atoms in total. The molecule has 3 aromatic rings. The van der Waals surface area contributed by atoms with Gasteiger partial charge in [0.15, 0.2) is 8.32 Å². The zero-order chi connectivity index (χ0) is 31.0. The number of nitrogen functional groups attached to an aromatic ring is 1. The van der Waals surface area contributed by atoms with Crippen LogP contribution in [0.3, 0.4) is 0 Å². The van der Waals surface area contributed by atoms with E-state index in [-0.39, 0.29) is 22.5 Å². The lowest BCUT2D eigenvalue weighted by Crippen LogP contribution is -2.68. The first kappa shape index (κ1) is 31.9. The van der Waals surface area contributed by atoms with Crippen molar-refractivity contribution in [2.75, 3.05) is 12.3 Å². The van der Waals surface area contributed by atoms with Crippen LogP contribution in [0.15, 0.2) is 77.7 Å². The van der Waals surface area contributed by atoms with Gasteiger partial charge in [-0.2, -0.15) is 10.2 Å². The molecule has 1 fully saturated rings. The Morgan fingerprint density at radius 2 is 1.55 bits per heavy atom. The number of hydrogen-bond donors (Lipinski definition) is 1. The molecular weight excluding hydrogens is 561 g/mol. The predicted octanol–water partition coefficient (Wildman–Crippen LogP) is 4.97. The van der Waals surface area contributed by atoms with Gasteiger partial charge in [-0.1, -0.05) is 102 Å². The lowest BCUT2D eigenvalue weighted by atomic mass is 10.00. The van der Waals surface area contributed by atoms with Gasteiger partial charge in [0.1, 0.15) is 18.1 Å². The minimum atomic E-state index is -3.00. The Labute approximate surface area is 251 Å². The van der Waals surface area contributed by atoms with Gasteiger partial charge in [-0.25, -0.2) is 4.79 Å². The molecule has 224 valence electrons. The normalized spacial score (nSPS) is 21.7. The first-order chi connectivity index (χ1) is 19.6. The molecule has 1 aliphatic rings. The summed E-state index contributed by atoms with van der Waals surface area (Å²) in [6, 6.07) is 24.6. The van der Waals surface area contributed by atoms with Crippen LogP contribution in [0.5, 0.6) is 0 Å². The standard InChI is InChI=1S/C32H44N4O4Si2/c1-30(2,3)41(7,8)40-26-21-28(36-20-19-27(34)35-29(36)37)39-32(26,22-33)23-38-42(31(4,5)6,24-15-11-9-12-16-24)25-17-13-10-14-18-25/h9-20,26,28H,21,23H2,1-8H3,(H2,34,35,37)/t26-,28+,32+/m0/s1. The summed E-state index contributed by atoms with van der Waals surface area (Å²) < 4.78 is 22.1. The van der Waals surface area contributed by atoms with Crippen LogP contribution in [0.25, 0.3) is 0 Å². The second-order valence-corrected chi connectivity index (χ2v) is 22.7. The number of nitrogens with two attached hydrogens (primary N) is 1. The van der Waals surface area contributed by atoms with E-state index in [0.29, 0.717) is 6.42 Å². The number of rotatable bonds is 8. The highest BCUT2D eigenvalue weighted by atomic mass is 28.4. The van der Waals surface area contributed by atoms with Crippen LogP contribution in [0, 0.1) is 11.3 Å². The van der Waals surface area contributed by atoms with Gasteiger partial charge in [-0.3, -0.25) is 4.57 Å². The number of hydrogen-bond acceptors (Lipinski definition) is 7. The van der Waals surface area contributed by atoms with Crippen LogP contribution in [-0.4, -0.2) is 44.5 Å². The molecule has 1 aliphatic heterocycles. The average molecular weight is 605 g/mol. The number of ether oxygens (including phenoxy) is 1. The number of benzene rings is 2. The Morgan fingerprint density at radius 1 is 1.00 bits per heavy atom. The topological polar surface area (TPSA) is 112 Å². The molecule has 0 saturated carbocycles. The summed E-state index contributed by atoms with van der Waals surface area (Å²) in [5.41, 5.74) is 3.76. The van der Waals surface area contributed by atoms with Gasteiger partial charge in [0, 0.05) is 12.6 Å². The van der Waals surface area contributed by atoms with Crippen molar-refractivity contribution in [2.24, 2.45) is 0 Å². The Hall–Kier alpha value is -3.08. The zero-order valence-corrected chi connectivity index (χ0v) is 28.0. The van der Waals surface area contributed by atoms with Crippen molar-refractivity contribution in [2.45, 2.75) is 89.1 Å².